The highest BCUT2D eigenvalue weighted by molar-refractivity contribution is 5.66. The summed E-state index contributed by atoms with van der Waals surface area (Å²) in [5.74, 6) is -0.747. The van der Waals surface area contributed by atoms with Gasteiger partial charge in [-0.15, -0.1) is 0 Å². The highest BCUT2D eigenvalue weighted by Crippen LogP contribution is 1.79. The van der Waals surface area contributed by atoms with Gasteiger partial charge in [0.2, 0.25) is 0 Å². The molecule has 3 nitrogen and oxygen atoms in total. The number of hydrogen-bond donors (Lipinski definition) is 2. The molecule has 0 spiro atoms. The first-order chi connectivity index (χ1) is 4.13. The highest BCUT2D eigenvalue weighted by atomic mass is 35.5. The van der Waals surface area contributed by atoms with Gasteiger partial charge in [0.05, 0.1) is 6.42 Å². The lowest BCUT2D eigenvalue weighted by molar-refractivity contribution is -0.136. The standard InChI is InChI=1S/C6H13NO2.ClH/c1-5(2)7-4-3-6(8)9;/h5,7H,3-4H2,1-2H3,(H,8,9);1H/p-1. The van der Waals surface area contributed by atoms with E-state index in [0.717, 1.165) is 0 Å². The Balaban J connectivity index is 0. The van der Waals surface area contributed by atoms with E-state index < -0.39 is 5.97 Å². The molecule has 10 heavy (non-hydrogen) atoms. The summed E-state index contributed by atoms with van der Waals surface area (Å²) in [4.78, 5) is 9.94. The van der Waals surface area contributed by atoms with Gasteiger partial charge in [0, 0.05) is 12.6 Å². The van der Waals surface area contributed by atoms with Crippen molar-refractivity contribution in [3.63, 3.8) is 0 Å². The Morgan fingerprint density at radius 2 is 2.10 bits per heavy atom. The number of hydrogen-bond acceptors (Lipinski definition) is 2. The average molecular weight is 167 g/mol. The third kappa shape index (κ3) is 10.7. The van der Waals surface area contributed by atoms with E-state index in [0.29, 0.717) is 12.6 Å². The summed E-state index contributed by atoms with van der Waals surface area (Å²) in [6, 6.07) is 0.379. The molecule has 4 heteroatoms. The molecule has 0 saturated heterocycles. The van der Waals surface area contributed by atoms with E-state index in [2.05, 4.69) is 5.32 Å². The zero-order chi connectivity index (χ0) is 7.28. The van der Waals surface area contributed by atoms with E-state index >= 15 is 0 Å². The first kappa shape index (κ1) is 12.4. The van der Waals surface area contributed by atoms with Gasteiger partial charge in [0.1, 0.15) is 0 Å². The van der Waals surface area contributed by atoms with E-state index in [1.807, 2.05) is 13.8 Å². The van der Waals surface area contributed by atoms with Crippen LogP contribution in [0.2, 0.25) is 0 Å². The second-order valence-corrected chi connectivity index (χ2v) is 2.25. The van der Waals surface area contributed by atoms with Crippen molar-refractivity contribution < 1.29 is 22.3 Å². The SMILES string of the molecule is CC(C)NCCC(=O)O.[Cl-]. The van der Waals surface area contributed by atoms with Gasteiger partial charge in [-0.2, -0.15) is 0 Å². The van der Waals surface area contributed by atoms with Crippen LogP contribution in [-0.2, 0) is 4.79 Å². The van der Waals surface area contributed by atoms with Crippen molar-refractivity contribution in [1.29, 1.82) is 0 Å². The van der Waals surface area contributed by atoms with E-state index in [1.54, 1.807) is 0 Å². The lowest BCUT2D eigenvalue weighted by Crippen LogP contribution is -3.00. The summed E-state index contributed by atoms with van der Waals surface area (Å²) in [6.07, 6.45) is 0.207. The topological polar surface area (TPSA) is 49.3 Å². The first-order valence-electron chi connectivity index (χ1n) is 3.08. The Hall–Kier alpha value is -0.280. The van der Waals surface area contributed by atoms with Crippen LogP contribution < -0.4 is 17.7 Å². The molecule has 0 aromatic carbocycles. The summed E-state index contributed by atoms with van der Waals surface area (Å²) in [6.45, 7) is 4.54. The molecule has 2 N–H and O–H groups in total. The van der Waals surface area contributed by atoms with Gasteiger partial charge in [-0.25, -0.2) is 0 Å². The number of carboxylic acids is 1. The molecule has 0 unspecified atom stereocenters. The molecule has 62 valence electrons. The quantitative estimate of drug-likeness (QED) is 0.484. The minimum atomic E-state index is -0.747. The smallest absolute Gasteiger partial charge is 0.304 e. The van der Waals surface area contributed by atoms with E-state index in [9.17, 15) is 4.79 Å². The van der Waals surface area contributed by atoms with E-state index in [-0.39, 0.29) is 18.8 Å². The third-order valence-corrected chi connectivity index (χ3v) is 0.891. The van der Waals surface area contributed by atoms with Crippen molar-refractivity contribution in [3.05, 3.63) is 0 Å². The summed E-state index contributed by atoms with van der Waals surface area (Å²) in [5.41, 5.74) is 0. The third-order valence-electron chi connectivity index (χ3n) is 0.891. The van der Waals surface area contributed by atoms with Crippen LogP contribution in [0.25, 0.3) is 0 Å². The van der Waals surface area contributed by atoms with Crippen LogP contribution in [0.5, 0.6) is 0 Å². The molecule has 0 aromatic rings. The summed E-state index contributed by atoms with van der Waals surface area (Å²) >= 11 is 0. The van der Waals surface area contributed by atoms with Gasteiger partial charge < -0.3 is 22.8 Å². The van der Waals surface area contributed by atoms with Crippen molar-refractivity contribution in [3.8, 4) is 0 Å². The molecule has 0 aliphatic heterocycles. The Kier molecular flexibility index (Phi) is 8.48. The number of halogens is 1. The van der Waals surface area contributed by atoms with Crippen molar-refractivity contribution in [1.82, 2.24) is 5.32 Å². The summed E-state index contributed by atoms with van der Waals surface area (Å²) < 4.78 is 0. The second kappa shape index (κ2) is 6.83. The van der Waals surface area contributed by atoms with Crippen LogP contribution in [0, 0.1) is 0 Å². The fourth-order valence-corrected chi connectivity index (χ4v) is 0.468. The van der Waals surface area contributed by atoms with Crippen molar-refractivity contribution in [2.45, 2.75) is 26.3 Å². The summed E-state index contributed by atoms with van der Waals surface area (Å²) in [5, 5.41) is 11.2. The minimum Gasteiger partial charge on any atom is -1.00 e. The molecule has 0 bridgehead atoms. The molecular weight excluding hydrogens is 154 g/mol. The maximum atomic E-state index is 9.94. The Bertz CT molecular complexity index is 95.7. The molecule has 0 amide bonds. The molecule has 0 aliphatic carbocycles. The van der Waals surface area contributed by atoms with Gasteiger partial charge in [0.15, 0.2) is 0 Å². The molecule has 0 aromatic heterocycles. The summed E-state index contributed by atoms with van der Waals surface area (Å²) in [7, 11) is 0. The fourth-order valence-electron chi connectivity index (χ4n) is 0.468. The van der Waals surface area contributed by atoms with Gasteiger partial charge in [-0.1, -0.05) is 13.8 Å². The maximum absolute atomic E-state index is 9.94. The van der Waals surface area contributed by atoms with Gasteiger partial charge in [-0.3, -0.25) is 4.79 Å². The van der Waals surface area contributed by atoms with E-state index in [1.165, 1.54) is 0 Å². The number of rotatable bonds is 4. The van der Waals surface area contributed by atoms with Gasteiger partial charge >= 0.3 is 5.97 Å². The largest absolute Gasteiger partial charge is 1.00 e. The average Bonchev–Trinajstić information content (AvgIpc) is 1.63. The monoisotopic (exact) mass is 166 g/mol. The predicted molar refractivity (Wildman–Crippen MR) is 35.4 cm³/mol. The molecule has 0 fully saturated rings. The van der Waals surface area contributed by atoms with Crippen LogP contribution in [-0.4, -0.2) is 23.7 Å². The molecular formula is C6H13ClNO2-. The molecule has 0 rings (SSSR count). The Morgan fingerprint density at radius 1 is 1.60 bits per heavy atom. The lowest BCUT2D eigenvalue weighted by Gasteiger charge is -2.04. The maximum Gasteiger partial charge on any atom is 0.304 e. The van der Waals surface area contributed by atoms with Crippen LogP contribution in [0.3, 0.4) is 0 Å². The number of carbonyl (C=O) groups is 1. The zero-order valence-corrected chi connectivity index (χ0v) is 6.98. The lowest BCUT2D eigenvalue weighted by atomic mass is 10.3. The van der Waals surface area contributed by atoms with E-state index in [4.69, 9.17) is 5.11 Å². The normalized spacial score (nSPS) is 9.10. The van der Waals surface area contributed by atoms with Gasteiger partial charge in [0.25, 0.3) is 0 Å². The number of aliphatic carboxylic acids is 1. The van der Waals surface area contributed by atoms with Crippen molar-refractivity contribution in [2.24, 2.45) is 0 Å². The van der Waals surface area contributed by atoms with Crippen LogP contribution >= 0.6 is 0 Å². The fraction of sp³-hybridized carbons (Fsp3) is 0.833. The second-order valence-electron chi connectivity index (χ2n) is 2.25. The van der Waals surface area contributed by atoms with Gasteiger partial charge in [-0.05, 0) is 0 Å². The number of nitrogens with one attached hydrogen (secondary N) is 1. The molecule has 0 heterocycles. The van der Waals surface area contributed by atoms with Crippen LogP contribution in [0.4, 0.5) is 0 Å². The zero-order valence-electron chi connectivity index (χ0n) is 6.22. The van der Waals surface area contributed by atoms with Crippen molar-refractivity contribution in [2.75, 3.05) is 6.54 Å². The Labute approximate surface area is 67.2 Å². The molecule has 0 radical (unpaired) electrons. The number of carboxylic acid groups (broad SMARTS) is 1. The Morgan fingerprint density at radius 3 is 2.40 bits per heavy atom. The minimum absolute atomic E-state index is 0. The highest BCUT2D eigenvalue weighted by Gasteiger charge is 1.95. The molecule has 0 aliphatic rings. The van der Waals surface area contributed by atoms with Crippen LogP contribution in [0.15, 0.2) is 0 Å². The first-order valence-corrected chi connectivity index (χ1v) is 3.08. The molecule has 0 atom stereocenters. The van der Waals surface area contributed by atoms with Crippen molar-refractivity contribution >= 4 is 5.97 Å². The predicted octanol–water partition coefficient (Wildman–Crippen LogP) is -2.54. The van der Waals surface area contributed by atoms with Crippen LogP contribution in [0.1, 0.15) is 20.3 Å². The molecule has 0 saturated carbocycles.